The highest BCUT2D eigenvalue weighted by Gasteiger charge is 2.42. The molecule has 1 atom stereocenters. The molecule has 1 heterocycles. The lowest BCUT2D eigenvalue weighted by molar-refractivity contribution is -0.143. The summed E-state index contributed by atoms with van der Waals surface area (Å²) in [6.45, 7) is 0. The molecule has 0 aliphatic heterocycles. The molecule has 2 N–H and O–H groups in total. The van der Waals surface area contributed by atoms with Crippen LogP contribution in [0.3, 0.4) is 0 Å². The first kappa shape index (κ1) is 22.1. The van der Waals surface area contributed by atoms with Gasteiger partial charge in [0.15, 0.2) is 6.04 Å². The van der Waals surface area contributed by atoms with Crippen molar-refractivity contribution in [2.45, 2.75) is 12.2 Å². The lowest BCUT2D eigenvalue weighted by atomic mass is 10.0. The third-order valence-corrected chi connectivity index (χ3v) is 5.27. The number of aromatic nitrogens is 2. The smallest absolute Gasteiger partial charge is 0.412 e. The molecule has 0 bridgehead atoms. The molecule has 0 spiro atoms. The minimum absolute atomic E-state index is 0.0252. The van der Waals surface area contributed by atoms with Crippen LogP contribution in [-0.4, -0.2) is 26.8 Å². The summed E-state index contributed by atoms with van der Waals surface area (Å²) in [5.74, 6) is -1.15. The van der Waals surface area contributed by atoms with Crippen LogP contribution in [0.15, 0.2) is 77.6 Å². The van der Waals surface area contributed by atoms with E-state index in [1.807, 2.05) is 0 Å². The SMILES string of the molecule is Cn1c(-c2ccccc2)nc2c([C@H](Nc3ccccc3C(=O)O)C(F)(F)F)cccc2c1=O. The van der Waals surface area contributed by atoms with Crippen molar-refractivity contribution in [1.82, 2.24) is 9.55 Å². The number of fused-ring (bicyclic) bond motifs is 1. The van der Waals surface area contributed by atoms with Gasteiger partial charge in [0.2, 0.25) is 0 Å². The van der Waals surface area contributed by atoms with E-state index in [2.05, 4.69) is 10.3 Å². The first-order chi connectivity index (χ1) is 15.7. The molecular weight excluding hydrogens is 435 g/mol. The molecule has 4 rings (SSSR count). The van der Waals surface area contributed by atoms with Gasteiger partial charge in [-0.05, 0) is 18.2 Å². The van der Waals surface area contributed by atoms with Gasteiger partial charge in [0.25, 0.3) is 5.56 Å². The number of carboxylic acids is 1. The molecule has 0 aliphatic carbocycles. The van der Waals surface area contributed by atoms with Crippen molar-refractivity contribution >= 4 is 22.6 Å². The van der Waals surface area contributed by atoms with Crippen LogP contribution < -0.4 is 10.9 Å². The molecule has 0 unspecified atom stereocenters. The zero-order valence-electron chi connectivity index (χ0n) is 17.3. The van der Waals surface area contributed by atoms with Crippen molar-refractivity contribution in [3.63, 3.8) is 0 Å². The zero-order valence-corrected chi connectivity index (χ0v) is 17.3. The Kier molecular flexibility index (Phi) is 5.63. The zero-order chi connectivity index (χ0) is 23.8. The van der Waals surface area contributed by atoms with E-state index < -0.39 is 23.7 Å². The number of nitrogens with zero attached hydrogens (tertiary/aromatic N) is 2. The van der Waals surface area contributed by atoms with Crippen LogP contribution in [-0.2, 0) is 7.05 Å². The van der Waals surface area contributed by atoms with Crippen molar-refractivity contribution in [3.05, 3.63) is 94.3 Å². The number of para-hydroxylation sites is 2. The maximum Gasteiger partial charge on any atom is 0.412 e. The number of hydrogen-bond donors (Lipinski definition) is 2. The molecular formula is C24H18F3N3O3. The van der Waals surface area contributed by atoms with Crippen LogP contribution in [0.4, 0.5) is 18.9 Å². The van der Waals surface area contributed by atoms with E-state index in [0.717, 1.165) is 0 Å². The Bertz CT molecular complexity index is 1400. The van der Waals surface area contributed by atoms with Crippen LogP contribution in [0.5, 0.6) is 0 Å². The summed E-state index contributed by atoms with van der Waals surface area (Å²) in [7, 11) is 1.51. The van der Waals surface area contributed by atoms with Gasteiger partial charge in [-0.2, -0.15) is 13.2 Å². The summed E-state index contributed by atoms with van der Waals surface area (Å²) >= 11 is 0. The molecule has 1 aromatic heterocycles. The number of alkyl halides is 3. The van der Waals surface area contributed by atoms with Gasteiger partial charge in [0.1, 0.15) is 5.82 Å². The third-order valence-electron chi connectivity index (χ3n) is 5.27. The number of rotatable bonds is 5. The monoisotopic (exact) mass is 453 g/mol. The molecule has 3 aromatic carbocycles. The maximum atomic E-state index is 14.2. The molecule has 33 heavy (non-hydrogen) atoms. The van der Waals surface area contributed by atoms with E-state index >= 15 is 0 Å². The maximum absolute atomic E-state index is 14.2. The molecule has 0 amide bonds. The second kappa shape index (κ2) is 8.42. The highest BCUT2D eigenvalue weighted by Crippen LogP contribution is 2.39. The molecule has 0 fully saturated rings. The van der Waals surface area contributed by atoms with Crippen molar-refractivity contribution in [3.8, 4) is 11.4 Å². The summed E-state index contributed by atoms with van der Waals surface area (Å²) in [6.07, 6.45) is -4.81. The Hall–Kier alpha value is -4.14. The molecule has 0 saturated carbocycles. The van der Waals surface area contributed by atoms with Gasteiger partial charge < -0.3 is 10.4 Å². The van der Waals surface area contributed by atoms with Crippen molar-refractivity contribution in [2.24, 2.45) is 7.05 Å². The average Bonchev–Trinajstić information content (AvgIpc) is 2.79. The normalized spacial score (nSPS) is 12.5. The minimum Gasteiger partial charge on any atom is -0.478 e. The van der Waals surface area contributed by atoms with Crippen LogP contribution in [0.1, 0.15) is 22.0 Å². The van der Waals surface area contributed by atoms with Gasteiger partial charge in [-0.1, -0.05) is 54.6 Å². The lowest BCUT2D eigenvalue weighted by Gasteiger charge is -2.25. The fraction of sp³-hybridized carbons (Fsp3) is 0.125. The molecule has 4 aromatic rings. The van der Waals surface area contributed by atoms with E-state index in [-0.39, 0.29) is 33.5 Å². The molecule has 6 nitrogen and oxygen atoms in total. The minimum atomic E-state index is -4.81. The number of carbonyl (C=O) groups is 1. The number of carboxylic acid groups (broad SMARTS) is 1. The number of halogens is 3. The number of anilines is 1. The summed E-state index contributed by atoms with van der Waals surface area (Å²) < 4.78 is 44.0. The van der Waals surface area contributed by atoms with Gasteiger partial charge in [-0.25, -0.2) is 9.78 Å². The number of nitrogens with one attached hydrogen (secondary N) is 1. The highest BCUT2D eigenvalue weighted by molar-refractivity contribution is 5.94. The van der Waals surface area contributed by atoms with Crippen molar-refractivity contribution < 1.29 is 23.1 Å². The van der Waals surface area contributed by atoms with Gasteiger partial charge in [0, 0.05) is 23.9 Å². The number of benzene rings is 3. The van der Waals surface area contributed by atoms with E-state index in [1.165, 1.54) is 54.1 Å². The molecule has 0 radical (unpaired) electrons. The van der Waals surface area contributed by atoms with Crippen LogP contribution >= 0.6 is 0 Å². The Morgan fingerprint density at radius 1 is 1.00 bits per heavy atom. The fourth-order valence-corrected chi connectivity index (χ4v) is 3.68. The lowest BCUT2D eigenvalue weighted by Crippen LogP contribution is -2.30. The van der Waals surface area contributed by atoms with Gasteiger partial charge in [-0.3, -0.25) is 9.36 Å². The quantitative estimate of drug-likeness (QED) is 0.444. The molecule has 0 aliphatic rings. The summed E-state index contributed by atoms with van der Waals surface area (Å²) in [4.78, 5) is 28.9. The summed E-state index contributed by atoms with van der Waals surface area (Å²) in [5, 5.41) is 11.7. The summed E-state index contributed by atoms with van der Waals surface area (Å²) in [6, 6.07) is 15.7. The topological polar surface area (TPSA) is 84.2 Å². The predicted molar refractivity (Wildman–Crippen MR) is 118 cm³/mol. The Labute approximate surface area is 186 Å². The first-order valence-electron chi connectivity index (χ1n) is 9.89. The highest BCUT2D eigenvalue weighted by atomic mass is 19.4. The Morgan fingerprint density at radius 2 is 1.67 bits per heavy atom. The number of aromatic carboxylic acids is 1. The number of hydrogen-bond acceptors (Lipinski definition) is 4. The van der Waals surface area contributed by atoms with Crippen LogP contribution in [0.25, 0.3) is 22.3 Å². The Morgan fingerprint density at radius 3 is 2.33 bits per heavy atom. The predicted octanol–water partition coefficient (Wildman–Crippen LogP) is 5.01. The van der Waals surface area contributed by atoms with Gasteiger partial charge in [-0.15, -0.1) is 0 Å². The molecule has 0 saturated heterocycles. The first-order valence-corrected chi connectivity index (χ1v) is 9.89. The van der Waals surface area contributed by atoms with Gasteiger partial charge in [0.05, 0.1) is 16.5 Å². The Balaban J connectivity index is 1.95. The van der Waals surface area contributed by atoms with Crippen LogP contribution in [0.2, 0.25) is 0 Å². The molecule has 9 heteroatoms. The summed E-state index contributed by atoms with van der Waals surface area (Å²) in [5.41, 5.74) is -0.816. The van der Waals surface area contributed by atoms with E-state index in [4.69, 9.17) is 0 Å². The van der Waals surface area contributed by atoms with E-state index in [9.17, 15) is 27.9 Å². The molecule has 168 valence electrons. The van der Waals surface area contributed by atoms with Crippen molar-refractivity contribution in [2.75, 3.05) is 5.32 Å². The van der Waals surface area contributed by atoms with E-state index in [0.29, 0.717) is 5.56 Å². The second-order valence-corrected chi connectivity index (χ2v) is 7.38. The second-order valence-electron chi connectivity index (χ2n) is 7.38. The van der Waals surface area contributed by atoms with Gasteiger partial charge >= 0.3 is 12.1 Å². The largest absolute Gasteiger partial charge is 0.478 e. The van der Waals surface area contributed by atoms with Crippen LogP contribution in [0, 0.1) is 0 Å². The van der Waals surface area contributed by atoms with Crippen molar-refractivity contribution in [1.29, 1.82) is 0 Å². The van der Waals surface area contributed by atoms with E-state index in [1.54, 1.807) is 30.3 Å². The average molecular weight is 453 g/mol. The standard InChI is InChI=1S/C24H18F3N3O3/c1-30-21(14-8-3-2-4-9-14)29-19-16(11-7-12-17(19)22(30)31)20(24(25,26)27)28-18-13-6-5-10-15(18)23(32)33/h2-13,20,28H,1H3,(H,32,33)/t20-/m0/s1. The fourth-order valence-electron chi connectivity index (χ4n) is 3.68. The third kappa shape index (κ3) is 4.17.